The minimum atomic E-state index is -0.890. The molecular weight excluding hydrogens is 297 g/mol. The SMILES string of the molecule is O=C(O)CN(Cc1ccc(Cl)cc1Cl)c1ccccc1. The number of aliphatic carboxylic acids is 1. The Morgan fingerprint density at radius 1 is 1.10 bits per heavy atom. The molecular formula is C15H13Cl2NO2. The number of rotatable bonds is 5. The van der Waals surface area contributed by atoms with E-state index in [9.17, 15) is 4.79 Å². The molecule has 0 saturated carbocycles. The average Bonchev–Trinajstić information content (AvgIpc) is 2.41. The lowest BCUT2D eigenvalue weighted by molar-refractivity contribution is -0.135. The molecule has 2 rings (SSSR count). The van der Waals surface area contributed by atoms with E-state index in [1.54, 1.807) is 17.0 Å². The van der Waals surface area contributed by atoms with Crippen LogP contribution in [0.3, 0.4) is 0 Å². The molecule has 3 nitrogen and oxygen atoms in total. The van der Waals surface area contributed by atoms with Crippen molar-refractivity contribution >= 4 is 34.9 Å². The molecule has 2 aromatic rings. The molecule has 104 valence electrons. The summed E-state index contributed by atoms with van der Waals surface area (Å²) in [6.45, 7) is 0.315. The molecule has 0 aliphatic heterocycles. The normalized spacial score (nSPS) is 10.3. The Kier molecular flexibility index (Phi) is 4.88. The highest BCUT2D eigenvalue weighted by molar-refractivity contribution is 6.35. The molecule has 0 aliphatic rings. The molecule has 0 spiro atoms. The van der Waals surface area contributed by atoms with E-state index < -0.39 is 5.97 Å². The predicted octanol–water partition coefficient (Wildman–Crippen LogP) is 4.08. The van der Waals surface area contributed by atoms with Crippen LogP contribution in [0.2, 0.25) is 10.0 Å². The van der Waals surface area contributed by atoms with E-state index in [0.29, 0.717) is 16.6 Å². The monoisotopic (exact) mass is 309 g/mol. The summed E-state index contributed by atoms with van der Waals surface area (Å²) in [7, 11) is 0. The molecule has 0 aliphatic carbocycles. The van der Waals surface area contributed by atoms with E-state index in [4.69, 9.17) is 28.3 Å². The van der Waals surface area contributed by atoms with Gasteiger partial charge in [-0.2, -0.15) is 0 Å². The summed E-state index contributed by atoms with van der Waals surface area (Å²) in [5.74, 6) is -0.890. The highest BCUT2D eigenvalue weighted by Crippen LogP contribution is 2.24. The Hall–Kier alpha value is -1.71. The van der Waals surface area contributed by atoms with Crippen LogP contribution < -0.4 is 4.90 Å². The number of hydrogen-bond donors (Lipinski definition) is 1. The first-order valence-electron chi connectivity index (χ1n) is 6.02. The Labute approximate surface area is 127 Å². The van der Waals surface area contributed by atoms with Crippen molar-refractivity contribution < 1.29 is 9.90 Å². The summed E-state index contributed by atoms with van der Waals surface area (Å²) in [4.78, 5) is 12.8. The van der Waals surface area contributed by atoms with E-state index in [0.717, 1.165) is 11.3 Å². The smallest absolute Gasteiger partial charge is 0.323 e. The fraction of sp³-hybridized carbons (Fsp3) is 0.133. The standard InChI is InChI=1S/C15H13Cl2NO2/c16-12-7-6-11(14(17)8-12)9-18(10-15(19)20)13-4-2-1-3-5-13/h1-8H,9-10H2,(H,19,20). The van der Waals surface area contributed by atoms with Crippen LogP contribution in [-0.4, -0.2) is 17.6 Å². The van der Waals surface area contributed by atoms with Crippen molar-refractivity contribution in [2.24, 2.45) is 0 Å². The maximum Gasteiger partial charge on any atom is 0.323 e. The number of hydrogen-bond acceptors (Lipinski definition) is 2. The lowest BCUT2D eigenvalue weighted by atomic mass is 10.2. The van der Waals surface area contributed by atoms with Gasteiger partial charge in [0.1, 0.15) is 6.54 Å². The van der Waals surface area contributed by atoms with Crippen molar-refractivity contribution in [3.05, 3.63) is 64.1 Å². The lowest BCUT2D eigenvalue weighted by Gasteiger charge is -2.23. The first-order valence-corrected chi connectivity index (χ1v) is 6.77. The fourth-order valence-electron chi connectivity index (χ4n) is 1.90. The van der Waals surface area contributed by atoms with Crippen LogP contribution in [0.4, 0.5) is 5.69 Å². The summed E-state index contributed by atoms with van der Waals surface area (Å²) in [5.41, 5.74) is 1.67. The molecule has 0 bridgehead atoms. The summed E-state index contributed by atoms with van der Waals surface area (Å²) in [5, 5.41) is 10.1. The number of nitrogens with zero attached hydrogens (tertiary/aromatic N) is 1. The highest BCUT2D eigenvalue weighted by Gasteiger charge is 2.13. The van der Waals surface area contributed by atoms with Crippen LogP contribution in [0.15, 0.2) is 48.5 Å². The number of halogens is 2. The van der Waals surface area contributed by atoms with E-state index in [1.807, 2.05) is 36.4 Å². The van der Waals surface area contributed by atoms with Crippen molar-refractivity contribution in [2.45, 2.75) is 6.54 Å². The van der Waals surface area contributed by atoms with Gasteiger partial charge in [-0.1, -0.05) is 47.5 Å². The third kappa shape index (κ3) is 3.89. The van der Waals surface area contributed by atoms with Gasteiger partial charge < -0.3 is 10.0 Å². The summed E-state index contributed by atoms with van der Waals surface area (Å²) >= 11 is 12.0. The van der Waals surface area contributed by atoms with Crippen molar-refractivity contribution in [1.29, 1.82) is 0 Å². The van der Waals surface area contributed by atoms with Gasteiger partial charge in [0.25, 0.3) is 0 Å². The van der Waals surface area contributed by atoms with E-state index in [2.05, 4.69) is 0 Å². The van der Waals surface area contributed by atoms with Crippen LogP contribution in [-0.2, 0) is 11.3 Å². The zero-order valence-corrected chi connectivity index (χ0v) is 12.1. The van der Waals surface area contributed by atoms with Crippen molar-refractivity contribution in [1.82, 2.24) is 0 Å². The summed E-state index contributed by atoms with van der Waals surface area (Å²) in [6.07, 6.45) is 0. The van der Waals surface area contributed by atoms with Gasteiger partial charge in [-0.25, -0.2) is 0 Å². The summed E-state index contributed by atoms with van der Waals surface area (Å²) < 4.78 is 0. The second-order valence-corrected chi connectivity index (χ2v) is 5.16. The minimum Gasteiger partial charge on any atom is -0.480 e. The minimum absolute atomic E-state index is 0.0943. The third-order valence-corrected chi connectivity index (χ3v) is 3.41. The number of benzene rings is 2. The molecule has 20 heavy (non-hydrogen) atoms. The van der Waals surface area contributed by atoms with Crippen LogP contribution >= 0.6 is 23.2 Å². The van der Waals surface area contributed by atoms with Crippen LogP contribution in [0, 0.1) is 0 Å². The molecule has 0 amide bonds. The van der Waals surface area contributed by atoms with Crippen molar-refractivity contribution in [2.75, 3.05) is 11.4 Å². The molecule has 1 N–H and O–H groups in total. The maximum atomic E-state index is 11.0. The molecule has 0 unspecified atom stereocenters. The molecule has 5 heteroatoms. The van der Waals surface area contributed by atoms with E-state index in [-0.39, 0.29) is 6.54 Å². The zero-order valence-electron chi connectivity index (χ0n) is 10.6. The van der Waals surface area contributed by atoms with Gasteiger partial charge in [0, 0.05) is 22.3 Å². The quantitative estimate of drug-likeness (QED) is 0.904. The Morgan fingerprint density at radius 3 is 2.40 bits per heavy atom. The largest absolute Gasteiger partial charge is 0.480 e. The van der Waals surface area contributed by atoms with Crippen molar-refractivity contribution in [3.8, 4) is 0 Å². The first-order chi connectivity index (χ1) is 9.56. The van der Waals surface area contributed by atoms with Crippen LogP contribution in [0.25, 0.3) is 0 Å². The first kappa shape index (κ1) is 14.7. The number of anilines is 1. The van der Waals surface area contributed by atoms with Gasteiger partial charge in [0.05, 0.1) is 0 Å². The van der Waals surface area contributed by atoms with Crippen LogP contribution in [0.1, 0.15) is 5.56 Å². The zero-order chi connectivity index (χ0) is 14.5. The fourth-order valence-corrected chi connectivity index (χ4v) is 2.36. The number of carbonyl (C=O) groups is 1. The number of carboxylic acids is 1. The molecule has 0 radical (unpaired) electrons. The second-order valence-electron chi connectivity index (χ2n) is 4.32. The topological polar surface area (TPSA) is 40.5 Å². The van der Waals surface area contributed by atoms with Gasteiger partial charge in [-0.3, -0.25) is 4.79 Å². The molecule has 0 fully saturated rings. The molecule has 0 aromatic heterocycles. The Balaban J connectivity index is 2.26. The maximum absolute atomic E-state index is 11.0. The van der Waals surface area contributed by atoms with Gasteiger partial charge in [0.15, 0.2) is 0 Å². The molecule has 0 saturated heterocycles. The lowest BCUT2D eigenvalue weighted by Crippen LogP contribution is -2.29. The van der Waals surface area contributed by atoms with E-state index >= 15 is 0 Å². The molecule has 0 atom stereocenters. The number of carboxylic acid groups (broad SMARTS) is 1. The summed E-state index contributed by atoms with van der Waals surface area (Å²) in [6, 6.07) is 14.6. The second kappa shape index (κ2) is 6.64. The van der Waals surface area contributed by atoms with Gasteiger partial charge in [0.2, 0.25) is 0 Å². The Morgan fingerprint density at radius 2 is 1.80 bits per heavy atom. The Bertz CT molecular complexity index is 602. The predicted molar refractivity (Wildman–Crippen MR) is 81.6 cm³/mol. The third-order valence-electron chi connectivity index (χ3n) is 2.82. The van der Waals surface area contributed by atoms with Crippen LogP contribution in [0.5, 0.6) is 0 Å². The molecule has 0 heterocycles. The number of para-hydroxylation sites is 1. The van der Waals surface area contributed by atoms with Crippen molar-refractivity contribution in [3.63, 3.8) is 0 Å². The average molecular weight is 310 g/mol. The molecule has 2 aromatic carbocycles. The van der Waals surface area contributed by atoms with E-state index in [1.165, 1.54) is 0 Å². The van der Waals surface area contributed by atoms with Gasteiger partial charge in [-0.15, -0.1) is 0 Å². The highest BCUT2D eigenvalue weighted by atomic mass is 35.5. The van der Waals surface area contributed by atoms with Gasteiger partial charge >= 0.3 is 5.97 Å². The van der Waals surface area contributed by atoms with Gasteiger partial charge in [-0.05, 0) is 29.8 Å².